The number of benzene rings is 2. The minimum absolute atomic E-state index is 0.121. The van der Waals surface area contributed by atoms with Crippen LogP contribution in [0.25, 0.3) is 0 Å². The van der Waals surface area contributed by atoms with Crippen LogP contribution in [0.15, 0.2) is 48.5 Å². The molecule has 2 aromatic carbocycles. The molecule has 31 heavy (non-hydrogen) atoms. The molecule has 5 nitrogen and oxygen atoms in total. The van der Waals surface area contributed by atoms with Crippen molar-refractivity contribution < 1.29 is 14.3 Å². The van der Waals surface area contributed by atoms with Crippen LogP contribution in [0.4, 0.5) is 0 Å². The van der Waals surface area contributed by atoms with E-state index in [2.05, 4.69) is 26.1 Å². The maximum absolute atomic E-state index is 13.3. The summed E-state index contributed by atoms with van der Waals surface area (Å²) in [5.41, 5.74) is 1.69. The van der Waals surface area contributed by atoms with Gasteiger partial charge in [-0.1, -0.05) is 75.7 Å². The summed E-state index contributed by atoms with van der Waals surface area (Å²) in [7, 11) is 0. The topological polar surface area (TPSA) is 58.6 Å². The Bertz CT molecular complexity index is 892. The largest absolute Gasteiger partial charge is 0.483 e. The second-order valence-electron chi connectivity index (χ2n) is 8.47. The van der Waals surface area contributed by atoms with Gasteiger partial charge in [0, 0.05) is 18.1 Å². The molecule has 0 saturated carbocycles. The maximum atomic E-state index is 13.3. The number of nitrogens with zero attached hydrogens (tertiary/aromatic N) is 1. The molecule has 1 unspecified atom stereocenters. The third-order valence-corrected chi connectivity index (χ3v) is 5.45. The van der Waals surface area contributed by atoms with Crippen LogP contribution in [0, 0.1) is 0 Å². The first kappa shape index (κ1) is 24.7. The van der Waals surface area contributed by atoms with Gasteiger partial charge in [-0.3, -0.25) is 9.59 Å². The lowest BCUT2D eigenvalue weighted by molar-refractivity contribution is -0.142. The molecule has 2 amide bonds. The van der Waals surface area contributed by atoms with Crippen LogP contribution in [0.2, 0.25) is 5.02 Å². The number of carbonyl (C=O) groups excluding carboxylic acids is 2. The van der Waals surface area contributed by atoms with Gasteiger partial charge in [0.15, 0.2) is 6.61 Å². The molecule has 0 aliphatic carbocycles. The molecule has 6 heteroatoms. The molecule has 2 rings (SSSR count). The molecule has 0 spiro atoms. The van der Waals surface area contributed by atoms with Crippen LogP contribution in [-0.4, -0.2) is 35.9 Å². The average Bonchev–Trinajstić information content (AvgIpc) is 2.73. The Hall–Kier alpha value is -2.53. The van der Waals surface area contributed by atoms with Crippen LogP contribution in [-0.2, 0) is 21.5 Å². The number of para-hydroxylation sites is 1. The summed E-state index contributed by atoms with van der Waals surface area (Å²) in [6.07, 6.45) is 0.487. The van der Waals surface area contributed by atoms with Gasteiger partial charge >= 0.3 is 0 Å². The molecular weight excluding hydrogens is 412 g/mol. The van der Waals surface area contributed by atoms with Gasteiger partial charge in [-0.2, -0.15) is 0 Å². The zero-order valence-corrected chi connectivity index (χ0v) is 19.8. The van der Waals surface area contributed by atoms with Gasteiger partial charge < -0.3 is 15.0 Å². The number of hydrogen-bond acceptors (Lipinski definition) is 3. The van der Waals surface area contributed by atoms with Crippen molar-refractivity contribution in [3.05, 3.63) is 64.7 Å². The van der Waals surface area contributed by atoms with Gasteiger partial charge in [0.1, 0.15) is 11.8 Å². The van der Waals surface area contributed by atoms with E-state index in [4.69, 9.17) is 16.3 Å². The molecule has 0 bridgehead atoms. The summed E-state index contributed by atoms with van der Waals surface area (Å²) < 4.78 is 5.95. The lowest BCUT2D eigenvalue weighted by Crippen LogP contribution is -2.50. The van der Waals surface area contributed by atoms with E-state index in [0.29, 0.717) is 23.7 Å². The van der Waals surface area contributed by atoms with Crippen molar-refractivity contribution in [3.8, 4) is 5.75 Å². The zero-order chi connectivity index (χ0) is 23.0. The maximum Gasteiger partial charge on any atom is 0.261 e. The first-order valence-corrected chi connectivity index (χ1v) is 11.1. The molecular formula is C25H33ClN2O3. The number of rotatable bonds is 9. The van der Waals surface area contributed by atoms with Gasteiger partial charge in [0.25, 0.3) is 5.91 Å². The van der Waals surface area contributed by atoms with Gasteiger partial charge in [-0.15, -0.1) is 0 Å². The molecule has 168 valence electrons. The van der Waals surface area contributed by atoms with Crippen molar-refractivity contribution in [3.63, 3.8) is 0 Å². The third kappa shape index (κ3) is 6.73. The summed E-state index contributed by atoms with van der Waals surface area (Å²) in [6.45, 7) is 10.6. The van der Waals surface area contributed by atoms with Gasteiger partial charge in [-0.05, 0) is 42.0 Å². The second kappa shape index (κ2) is 11.2. The fourth-order valence-corrected chi connectivity index (χ4v) is 3.65. The quantitative estimate of drug-likeness (QED) is 0.594. The molecule has 0 fully saturated rings. The van der Waals surface area contributed by atoms with Gasteiger partial charge in [0.05, 0.1) is 0 Å². The van der Waals surface area contributed by atoms with Crippen molar-refractivity contribution in [1.29, 1.82) is 0 Å². The van der Waals surface area contributed by atoms with Crippen LogP contribution >= 0.6 is 11.6 Å². The minimum Gasteiger partial charge on any atom is -0.483 e. The van der Waals surface area contributed by atoms with Crippen molar-refractivity contribution in [2.45, 2.75) is 59.0 Å². The summed E-state index contributed by atoms with van der Waals surface area (Å²) in [6, 6.07) is 14.5. The summed E-state index contributed by atoms with van der Waals surface area (Å²) in [4.78, 5) is 27.5. The number of nitrogens with one attached hydrogen (secondary N) is 1. The fraction of sp³-hybridized carbons (Fsp3) is 0.440. The molecule has 0 saturated heterocycles. The minimum atomic E-state index is -0.606. The lowest BCUT2D eigenvalue weighted by Gasteiger charge is -2.31. The molecule has 2 aromatic rings. The van der Waals surface area contributed by atoms with Crippen LogP contribution in [0.3, 0.4) is 0 Å². The standard InChI is InChI=1S/C25H33ClN2O3/c1-6-21(24(30)27-7-2)28(16-18-12-8-10-14-20(18)26)23(29)17-31-22-15-11-9-13-19(22)25(3,4)5/h8-15,21H,6-7,16-17H2,1-5H3,(H,27,30). The number of hydrogen-bond donors (Lipinski definition) is 1. The molecule has 0 aliphatic rings. The summed E-state index contributed by atoms with van der Waals surface area (Å²) in [5.74, 6) is 0.231. The zero-order valence-electron chi connectivity index (χ0n) is 19.1. The highest BCUT2D eigenvalue weighted by Crippen LogP contribution is 2.31. The van der Waals surface area contributed by atoms with E-state index in [0.717, 1.165) is 11.1 Å². The molecule has 1 atom stereocenters. The van der Waals surface area contributed by atoms with E-state index in [1.165, 1.54) is 0 Å². The molecule has 1 N–H and O–H groups in total. The van der Waals surface area contributed by atoms with E-state index in [9.17, 15) is 9.59 Å². The smallest absolute Gasteiger partial charge is 0.261 e. The van der Waals surface area contributed by atoms with Crippen molar-refractivity contribution >= 4 is 23.4 Å². The van der Waals surface area contributed by atoms with Crippen molar-refractivity contribution in [2.75, 3.05) is 13.2 Å². The van der Waals surface area contributed by atoms with E-state index in [1.807, 2.05) is 56.3 Å². The van der Waals surface area contributed by atoms with Crippen LogP contribution < -0.4 is 10.1 Å². The highest BCUT2D eigenvalue weighted by atomic mass is 35.5. The highest BCUT2D eigenvalue weighted by Gasteiger charge is 2.29. The predicted molar refractivity (Wildman–Crippen MR) is 125 cm³/mol. The van der Waals surface area contributed by atoms with E-state index in [1.54, 1.807) is 11.0 Å². The van der Waals surface area contributed by atoms with E-state index >= 15 is 0 Å². The van der Waals surface area contributed by atoms with Crippen LogP contribution in [0.5, 0.6) is 5.75 Å². The predicted octanol–water partition coefficient (Wildman–Crippen LogP) is 4.96. The first-order valence-electron chi connectivity index (χ1n) is 10.7. The van der Waals surface area contributed by atoms with Gasteiger partial charge in [-0.25, -0.2) is 0 Å². The second-order valence-corrected chi connectivity index (χ2v) is 8.87. The average molecular weight is 445 g/mol. The Labute approximate surface area is 190 Å². The monoisotopic (exact) mass is 444 g/mol. The molecule has 0 heterocycles. The summed E-state index contributed by atoms with van der Waals surface area (Å²) >= 11 is 6.34. The molecule has 0 aliphatic heterocycles. The fourth-order valence-electron chi connectivity index (χ4n) is 3.46. The first-order chi connectivity index (χ1) is 14.7. The Balaban J connectivity index is 2.28. The Morgan fingerprint density at radius 1 is 1.06 bits per heavy atom. The normalized spacial score (nSPS) is 12.2. The highest BCUT2D eigenvalue weighted by molar-refractivity contribution is 6.31. The lowest BCUT2D eigenvalue weighted by atomic mass is 9.86. The van der Waals surface area contributed by atoms with Gasteiger partial charge in [0.2, 0.25) is 5.91 Å². The summed E-state index contributed by atoms with van der Waals surface area (Å²) in [5, 5.41) is 3.39. The number of ether oxygens (including phenoxy) is 1. The molecule has 0 aromatic heterocycles. The Kier molecular flexibility index (Phi) is 8.93. The van der Waals surface area contributed by atoms with E-state index < -0.39 is 6.04 Å². The number of likely N-dealkylation sites (N-methyl/N-ethyl adjacent to an activating group) is 1. The Morgan fingerprint density at radius 2 is 1.71 bits per heavy atom. The SMILES string of the molecule is CCNC(=O)C(CC)N(Cc1ccccc1Cl)C(=O)COc1ccccc1C(C)(C)C. The number of carbonyl (C=O) groups is 2. The number of halogens is 1. The van der Waals surface area contributed by atoms with Crippen molar-refractivity contribution in [1.82, 2.24) is 10.2 Å². The third-order valence-electron chi connectivity index (χ3n) is 5.08. The van der Waals surface area contributed by atoms with E-state index in [-0.39, 0.29) is 30.4 Å². The van der Waals surface area contributed by atoms with Crippen LogP contribution in [0.1, 0.15) is 52.2 Å². The Morgan fingerprint density at radius 3 is 2.32 bits per heavy atom. The van der Waals surface area contributed by atoms with Crippen molar-refractivity contribution in [2.24, 2.45) is 0 Å². The molecule has 0 radical (unpaired) electrons. The number of amides is 2.